The highest BCUT2D eigenvalue weighted by molar-refractivity contribution is 9.10. The summed E-state index contributed by atoms with van der Waals surface area (Å²) in [4.78, 5) is 0. The van der Waals surface area contributed by atoms with Crippen molar-refractivity contribution in [1.29, 1.82) is 0 Å². The number of hydrogen-bond donors (Lipinski definition) is 1. The third-order valence-corrected chi connectivity index (χ3v) is 3.83. The van der Waals surface area contributed by atoms with Gasteiger partial charge in [-0.05, 0) is 23.8 Å². The summed E-state index contributed by atoms with van der Waals surface area (Å²) in [5.41, 5.74) is 7.85. The number of para-hydroxylation sites is 1. The minimum Gasteiger partial charge on any atom is -0.310 e. The standard InChI is InChI=1S/C15H13BrN2/c1-18-13-8-3-2-7-12(13)14(15(18)17)10-5-4-6-11(16)9-10/h2-9H,17H2,1H3/p+1. The van der Waals surface area contributed by atoms with E-state index in [1.54, 1.807) is 0 Å². The summed E-state index contributed by atoms with van der Waals surface area (Å²) in [6.45, 7) is 0. The molecule has 2 nitrogen and oxygen atoms in total. The number of rotatable bonds is 1. The molecule has 1 aromatic heterocycles. The number of fused-ring (bicyclic) bond motifs is 1. The number of aryl methyl sites for hydroxylation is 1. The highest BCUT2D eigenvalue weighted by Gasteiger charge is 2.16. The molecule has 0 saturated heterocycles. The summed E-state index contributed by atoms with van der Waals surface area (Å²) in [6, 6.07) is 16.8. The molecule has 0 unspecified atom stereocenters. The second-order valence-corrected chi connectivity index (χ2v) is 5.32. The average Bonchev–Trinajstić information content (AvgIpc) is 2.63. The Balaban J connectivity index is 2.39. The van der Waals surface area contributed by atoms with Crippen molar-refractivity contribution in [2.24, 2.45) is 7.05 Å². The monoisotopic (exact) mass is 301 g/mol. The van der Waals surface area contributed by atoms with Crippen molar-refractivity contribution in [2.75, 3.05) is 0 Å². The Morgan fingerprint density at radius 1 is 1.06 bits per heavy atom. The van der Waals surface area contributed by atoms with Crippen molar-refractivity contribution in [2.45, 2.75) is 0 Å². The van der Waals surface area contributed by atoms with E-state index in [1.165, 1.54) is 22.0 Å². The number of quaternary nitrogens is 1. The van der Waals surface area contributed by atoms with E-state index in [4.69, 9.17) is 0 Å². The highest BCUT2D eigenvalue weighted by Crippen LogP contribution is 2.35. The third kappa shape index (κ3) is 1.67. The number of halogens is 1. The second-order valence-electron chi connectivity index (χ2n) is 4.41. The number of nitrogens with zero attached hydrogens (tertiary/aromatic N) is 1. The maximum atomic E-state index is 4.21. The van der Waals surface area contributed by atoms with Crippen molar-refractivity contribution >= 4 is 32.7 Å². The van der Waals surface area contributed by atoms with E-state index in [1.807, 2.05) is 6.07 Å². The van der Waals surface area contributed by atoms with Crippen LogP contribution in [-0.4, -0.2) is 4.57 Å². The van der Waals surface area contributed by atoms with Gasteiger partial charge in [-0.1, -0.05) is 46.3 Å². The lowest BCUT2D eigenvalue weighted by molar-refractivity contribution is -0.262. The second kappa shape index (κ2) is 4.26. The first-order chi connectivity index (χ1) is 8.68. The van der Waals surface area contributed by atoms with Crippen LogP contribution in [0.15, 0.2) is 53.0 Å². The molecule has 3 heteroatoms. The van der Waals surface area contributed by atoms with Gasteiger partial charge in [-0.2, -0.15) is 0 Å². The number of hydrogen-bond acceptors (Lipinski definition) is 0. The molecule has 0 fully saturated rings. The van der Waals surface area contributed by atoms with Gasteiger partial charge in [-0.25, -0.2) is 0 Å². The molecule has 1 heterocycles. The fourth-order valence-corrected chi connectivity index (χ4v) is 2.81. The van der Waals surface area contributed by atoms with Crippen LogP contribution in [0.5, 0.6) is 0 Å². The van der Waals surface area contributed by atoms with Gasteiger partial charge in [0.1, 0.15) is 0 Å². The molecule has 0 aliphatic carbocycles. The molecule has 3 N–H and O–H groups in total. The van der Waals surface area contributed by atoms with Gasteiger partial charge in [0.25, 0.3) is 0 Å². The zero-order chi connectivity index (χ0) is 12.7. The maximum absolute atomic E-state index is 4.21. The molecule has 90 valence electrons. The summed E-state index contributed by atoms with van der Waals surface area (Å²) in [5, 5.41) is 1.25. The molecule has 18 heavy (non-hydrogen) atoms. The van der Waals surface area contributed by atoms with Crippen LogP contribution < -0.4 is 5.73 Å². The third-order valence-electron chi connectivity index (χ3n) is 3.34. The number of benzene rings is 2. The zero-order valence-corrected chi connectivity index (χ0v) is 11.7. The molecule has 3 aromatic rings. The zero-order valence-electron chi connectivity index (χ0n) is 10.2. The quantitative estimate of drug-likeness (QED) is 0.714. The van der Waals surface area contributed by atoms with Crippen molar-refractivity contribution in [3.8, 4) is 11.1 Å². The van der Waals surface area contributed by atoms with Crippen molar-refractivity contribution in [3.05, 3.63) is 53.0 Å². The molecule has 0 radical (unpaired) electrons. The summed E-state index contributed by atoms with van der Waals surface area (Å²) < 4.78 is 3.23. The van der Waals surface area contributed by atoms with Crippen molar-refractivity contribution < 1.29 is 5.73 Å². The van der Waals surface area contributed by atoms with Crippen LogP contribution in [0.4, 0.5) is 5.82 Å². The van der Waals surface area contributed by atoms with E-state index in [9.17, 15) is 0 Å². The van der Waals surface area contributed by atoms with Gasteiger partial charge < -0.3 is 5.73 Å². The Hall–Kier alpha value is -1.58. The molecule has 0 bridgehead atoms. The minimum absolute atomic E-state index is 1.05. The van der Waals surface area contributed by atoms with Gasteiger partial charge in [-0.15, -0.1) is 0 Å². The van der Waals surface area contributed by atoms with Crippen molar-refractivity contribution in [3.63, 3.8) is 0 Å². The van der Waals surface area contributed by atoms with Crippen LogP contribution in [0.3, 0.4) is 0 Å². The average molecular weight is 302 g/mol. The van der Waals surface area contributed by atoms with E-state index < -0.39 is 0 Å². The van der Waals surface area contributed by atoms with Gasteiger partial charge >= 0.3 is 0 Å². The van der Waals surface area contributed by atoms with Crippen LogP contribution >= 0.6 is 15.9 Å². The summed E-state index contributed by atoms with van der Waals surface area (Å²) >= 11 is 3.53. The summed E-state index contributed by atoms with van der Waals surface area (Å²) in [6.07, 6.45) is 0. The van der Waals surface area contributed by atoms with Gasteiger partial charge in [0.2, 0.25) is 5.82 Å². The smallest absolute Gasteiger partial charge is 0.211 e. The molecule has 0 aliphatic rings. The molecule has 0 atom stereocenters. The fourth-order valence-electron chi connectivity index (χ4n) is 2.41. The first-order valence-electron chi connectivity index (χ1n) is 5.84. The topological polar surface area (TPSA) is 32.6 Å². The van der Waals surface area contributed by atoms with Gasteiger partial charge in [0.05, 0.1) is 11.1 Å². The summed E-state index contributed by atoms with van der Waals surface area (Å²) in [7, 11) is 2.06. The lowest BCUT2D eigenvalue weighted by Gasteiger charge is -2.00. The first kappa shape index (κ1) is 11.5. The minimum atomic E-state index is 1.05. The largest absolute Gasteiger partial charge is 0.310 e. The first-order valence-corrected chi connectivity index (χ1v) is 6.63. The Morgan fingerprint density at radius 3 is 2.61 bits per heavy atom. The van der Waals surface area contributed by atoms with Crippen LogP contribution in [0.1, 0.15) is 0 Å². The van der Waals surface area contributed by atoms with Crippen LogP contribution in [0.2, 0.25) is 0 Å². The number of aromatic nitrogens is 1. The Kier molecular flexibility index (Phi) is 2.73. The van der Waals surface area contributed by atoms with Crippen LogP contribution in [0.25, 0.3) is 22.0 Å². The van der Waals surface area contributed by atoms with E-state index >= 15 is 0 Å². The Labute approximate surface area is 114 Å². The molecule has 0 aliphatic heterocycles. The Morgan fingerprint density at radius 2 is 1.83 bits per heavy atom. The molecular weight excluding hydrogens is 288 g/mol. The van der Waals surface area contributed by atoms with Gasteiger partial charge in [-0.3, -0.25) is 4.57 Å². The van der Waals surface area contributed by atoms with E-state index in [0.717, 1.165) is 10.3 Å². The van der Waals surface area contributed by atoms with Crippen molar-refractivity contribution in [1.82, 2.24) is 4.57 Å². The predicted octanol–water partition coefficient (Wildman–Crippen LogP) is 3.48. The normalized spacial score (nSPS) is 11.1. The molecule has 0 amide bonds. The fraction of sp³-hybridized carbons (Fsp3) is 0.0667. The molecule has 0 saturated carbocycles. The van der Waals surface area contributed by atoms with Gasteiger partial charge in [0.15, 0.2) is 0 Å². The molecule has 3 rings (SSSR count). The van der Waals surface area contributed by atoms with E-state index in [2.05, 4.69) is 75.7 Å². The van der Waals surface area contributed by atoms with E-state index in [0.29, 0.717) is 0 Å². The molecular formula is C15H14BrN2+. The van der Waals surface area contributed by atoms with Crippen LogP contribution in [-0.2, 0) is 7.05 Å². The SMILES string of the molecule is Cn1c([NH3+])c(-c2cccc(Br)c2)c2ccccc21. The van der Waals surface area contributed by atoms with Gasteiger partial charge in [0, 0.05) is 16.9 Å². The molecule has 2 aromatic carbocycles. The molecule has 0 spiro atoms. The lowest BCUT2D eigenvalue weighted by atomic mass is 10.0. The summed E-state index contributed by atoms with van der Waals surface area (Å²) in [5.74, 6) is 1.05. The predicted molar refractivity (Wildman–Crippen MR) is 78.6 cm³/mol. The van der Waals surface area contributed by atoms with E-state index in [-0.39, 0.29) is 0 Å². The lowest BCUT2D eigenvalue weighted by Crippen LogP contribution is -2.43. The Bertz CT molecular complexity index is 728. The maximum Gasteiger partial charge on any atom is 0.211 e. The highest BCUT2D eigenvalue weighted by atomic mass is 79.9. The van der Waals surface area contributed by atoms with Crippen LogP contribution in [0, 0.1) is 0 Å².